The van der Waals surface area contributed by atoms with Gasteiger partial charge in [-0.2, -0.15) is 0 Å². The first-order valence-electron chi connectivity index (χ1n) is 10.2. The molecule has 1 aromatic carbocycles. The van der Waals surface area contributed by atoms with Crippen LogP contribution in [0.4, 0.5) is 5.69 Å². The van der Waals surface area contributed by atoms with Gasteiger partial charge in [0.25, 0.3) is 11.6 Å². The number of amides is 1. The number of rotatable bonds is 7. The van der Waals surface area contributed by atoms with Gasteiger partial charge in [-0.25, -0.2) is 4.79 Å². The lowest BCUT2D eigenvalue weighted by Crippen LogP contribution is -2.60. The summed E-state index contributed by atoms with van der Waals surface area (Å²) in [7, 11) is 2.70. The van der Waals surface area contributed by atoms with Gasteiger partial charge in [0.05, 0.1) is 25.2 Å². The number of nitro benzene ring substituents is 1. The number of carbonyl (C=O) groups excluding carboxylic acids is 2. The van der Waals surface area contributed by atoms with E-state index < -0.39 is 23.2 Å². The number of nitro groups is 1. The molecule has 0 aromatic heterocycles. The molecule has 1 aromatic rings. The zero-order valence-electron chi connectivity index (χ0n) is 17.1. The van der Waals surface area contributed by atoms with Crippen molar-refractivity contribution in [3.05, 3.63) is 27.8 Å². The Labute approximate surface area is 174 Å². The molecule has 0 heterocycles. The Morgan fingerprint density at radius 3 is 2.10 bits per heavy atom. The first-order valence-corrected chi connectivity index (χ1v) is 10.2. The van der Waals surface area contributed by atoms with Gasteiger partial charge in [-0.05, 0) is 56.3 Å². The molecule has 0 unspecified atom stereocenters. The molecule has 4 bridgehead atoms. The van der Waals surface area contributed by atoms with Crippen molar-refractivity contribution < 1.29 is 28.7 Å². The highest BCUT2D eigenvalue weighted by atomic mass is 16.6. The summed E-state index contributed by atoms with van der Waals surface area (Å²) in [6.45, 7) is -0.480. The Balaban J connectivity index is 1.42. The van der Waals surface area contributed by atoms with Crippen molar-refractivity contribution in [3.8, 4) is 11.5 Å². The summed E-state index contributed by atoms with van der Waals surface area (Å²) in [6, 6.07) is 2.29. The number of nitrogens with one attached hydrogen (secondary N) is 1. The van der Waals surface area contributed by atoms with E-state index in [0.29, 0.717) is 17.8 Å². The van der Waals surface area contributed by atoms with Crippen LogP contribution in [0.2, 0.25) is 0 Å². The second kappa shape index (κ2) is 7.77. The highest BCUT2D eigenvalue weighted by Crippen LogP contribution is 2.55. The van der Waals surface area contributed by atoms with E-state index in [1.807, 2.05) is 0 Å². The molecule has 0 saturated heterocycles. The SMILES string of the molecule is COc1cc(C(=O)OCC(=O)NC23CC4CC(CC(C4)C2)C3)c([N+](=O)[O-])cc1OC. The third-order valence-electron chi connectivity index (χ3n) is 6.70. The molecule has 5 rings (SSSR count). The molecule has 162 valence electrons. The van der Waals surface area contributed by atoms with E-state index in [1.165, 1.54) is 39.5 Å². The van der Waals surface area contributed by atoms with E-state index in [0.717, 1.165) is 25.3 Å². The minimum absolute atomic E-state index is 0.125. The Morgan fingerprint density at radius 1 is 1.07 bits per heavy atom. The molecular formula is C21H26N2O7. The van der Waals surface area contributed by atoms with Crippen molar-refractivity contribution in [3.63, 3.8) is 0 Å². The maximum Gasteiger partial charge on any atom is 0.345 e. The van der Waals surface area contributed by atoms with E-state index in [2.05, 4.69) is 5.32 Å². The first-order chi connectivity index (χ1) is 14.3. The third-order valence-corrected chi connectivity index (χ3v) is 6.70. The summed E-state index contributed by atoms with van der Waals surface area (Å²) < 4.78 is 15.3. The molecule has 30 heavy (non-hydrogen) atoms. The fraction of sp³-hybridized carbons (Fsp3) is 0.619. The van der Waals surface area contributed by atoms with Crippen molar-refractivity contribution in [2.24, 2.45) is 17.8 Å². The summed E-state index contributed by atoms with van der Waals surface area (Å²) >= 11 is 0. The Bertz CT molecular complexity index is 847. The van der Waals surface area contributed by atoms with E-state index in [-0.39, 0.29) is 28.5 Å². The predicted molar refractivity (Wildman–Crippen MR) is 106 cm³/mol. The second-order valence-corrected chi connectivity index (χ2v) is 8.80. The number of hydrogen-bond acceptors (Lipinski definition) is 7. The monoisotopic (exact) mass is 418 g/mol. The van der Waals surface area contributed by atoms with Crippen molar-refractivity contribution in [1.82, 2.24) is 5.32 Å². The Hall–Kier alpha value is -2.84. The molecule has 4 aliphatic carbocycles. The van der Waals surface area contributed by atoms with Crippen molar-refractivity contribution in [2.45, 2.75) is 44.1 Å². The number of ether oxygens (including phenoxy) is 3. The van der Waals surface area contributed by atoms with Gasteiger partial charge in [0.15, 0.2) is 18.1 Å². The van der Waals surface area contributed by atoms with E-state index in [4.69, 9.17) is 14.2 Å². The summed E-state index contributed by atoms with van der Waals surface area (Å²) in [4.78, 5) is 35.7. The minimum Gasteiger partial charge on any atom is -0.493 e. The smallest absolute Gasteiger partial charge is 0.345 e. The molecule has 1 N–H and O–H groups in total. The molecule has 0 radical (unpaired) electrons. The zero-order valence-corrected chi connectivity index (χ0v) is 17.1. The number of esters is 1. The fourth-order valence-electron chi connectivity index (χ4n) is 5.99. The number of hydrogen-bond donors (Lipinski definition) is 1. The summed E-state index contributed by atoms with van der Waals surface area (Å²) in [5.41, 5.74) is -0.951. The maximum atomic E-state index is 12.5. The predicted octanol–water partition coefficient (Wildman–Crippen LogP) is 2.85. The van der Waals surface area contributed by atoms with Crippen LogP contribution in [-0.4, -0.2) is 43.2 Å². The van der Waals surface area contributed by atoms with Crippen molar-refractivity contribution in [2.75, 3.05) is 20.8 Å². The molecule has 0 spiro atoms. The topological polar surface area (TPSA) is 117 Å². The summed E-state index contributed by atoms with van der Waals surface area (Å²) in [5.74, 6) is 0.987. The van der Waals surface area contributed by atoms with Crippen LogP contribution in [-0.2, 0) is 9.53 Å². The van der Waals surface area contributed by atoms with Crippen molar-refractivity contribution in [1.29, 1.82) is 0 Å². The number of carbonyl (C=O) groups is 2. The molecule has 1 amide bonds. The summed E-state index contributed by atoms with van der Waals surface area (Å²) in [6.07, 6.45) is 6.73. The molecule has 9 nitrogen and oxygen atoms in total. The largest absolute Gasteiger partial charge is 0.493 e. The molecular weight excluding hydrogens is 392 g/mol. The van der Waals surface area contributed by atoms with E-state index in [1.54, 1.807) is 0 Å². The van der Waals surface area contributed by atoms with Crippen molar-refractivity contribution >= 4 is 17.6 Å². The minimum atomic E-state index is -0.955. The van der Waals surface area contributed by atoms with Crippen LogP contribution in [0.15, 0.2) is 12.1 Å². The molecule has 9 heteroatoms. The van der Waals surface area contributed by atoms with E-state index in [9.17, 15) is 19.7 Å². The van der Waals surface area contributed by atoms with Crippen LogP contribution < -0.4 is 14.8 Å². The van der Waals surface area contributed by atoms with Gasteiger partial charge in [0.1, 0.15) is 5.56 Å². The van der Waals surface area contributed by atoms with Gasteiger partial charge in [0, 0.05) is 11.6 Å². The van der Waals surface area contributed by atoms with Crippen LogP contribution in [0.25, 0.3) is 0 Å². The highest BCUT2D eigenvalue weighted by molar-refractivity contribution is 5.96. The molecule has 4 saturated carbocycles. The van der Waals surface area contributed by atoms with Crippen LogP contribution in [0, 0.1) is 27.9 Å². The second-order valence-electron chi connectivity index (χ2n) is 8.80. The fourth-order valence-corrected chi connectivity index (χ4v) is 5.99. The van der Waals surface area contributed by atoms with Crippen LogP contribution in [0.5, 0.6) is 11.5 Å². The van der Waals surface area contributed by atoms with Crippen LogP contribution in [0.1, 0.15) is 48.9 Å². The lowest BCUT2D eigenvalue weighted by Gasteiger charge is -2.56. The van der Waals surface area contributed by atoms with Crippen LogP contribution >= 0.6 is 0 Å². The summed E-state index contributed by atoms with van der Waals surface area (Å²) in [5, 5.41) is 14.5. The normalized spacial score (nSPS) is 28.7. The lowest BCUT2D eigenvalue weighted by atomic mass is 9.53. The molecule has 4 aliphatic rings. The number of methoxy groups -OCH3 is 2. The lowest BCUT2D eigenvalue weighted by molar-refractivity contribution is -0.385. The van der Waals surface area contributed by atoms with Gasteiger partial charge in [-0.15, -0.1) is 0 Å². The standard InChI is InChI=1S/C21H26N2O7/c1-28-17-6-15(16(23(26)27)7-18(17)29-2)20(25)30-11-19(24)22-21-8-12-3-13(9-21)5-14(4-12)10-21/h6-7,12-14H,3-5,8-11H2,1-2H3,(H,22,24). The maximum absolute atomic E-state index is 12.5. The van der Waals surface area contributed by atoms with Gasteiger partial charge in [-0.3, -0.25) is 14.9 Å². The first kappa shape index (κ1) is 20.4. The Morgan fingerprint density at radius 2 is 1.60 bits per heavy atom. The van der Waals surface area contributed by atoms with Gasteiger partial charge in [0.2, 0.25) is 0 Å². The van der Waals surface area contributed by atoms with E-state index >= 15 is 0 Å². The van der Waals surface area contributed by atoms with Gasteiger partial charge in [-0.1, -0.05) is 0 Å². The quantitative estimate of drug-likeness (QED) is 0.411. The van der Waals surface area contributed by atoms with Gasteiger partial charge < -0.3 is 19.5 Å². The third kappa shape index (κ3) is 3.80. The molecule has 0 atom stereocenters. The highest BCUT2D eigenvalue weighted by Gasteiger charge is 2.51. The Kier molecular flexibility index (Phi) is 5.29. The molecule has 4 fully saturated rings. The molecule has 0 aliphatic heterocycles. The van der Waals surface area contributed by atoms with Gasteiger partial charge >= 0.3 is 5.97 Å². The average molecular weight is 418 g/mol. The number of benzene rings is 1. The average Bonchev–Trinajstić information content (AvgIpc) is 2.69. The zero-order chi connectivity index (χ0) is 21.5. The van der Waals surface area contributed by atoms with Crippen LogP contribution in [0.3, 0.4) is 0 Å². The number of nitrogens with zero attached hydrogens (tertiary/aromatic N) is 1.